The number of aromatic nitrogens is 1. The standard InChI is InChI=1S/C17H20N4O3S2/c1-6-24-14(22)10(2)21-16(25)20(15(23)17(21,3)4)11-7-13(26-5)12(8-18)19-9-11/h7,9-10H,6H2,1-5H3. The molecule has 0 radical (unpaired) electrons. The molecule has 1 unspecified atom stereocenters. The van der Waals surface area contributed by atoms with Crippen molar-refractivity contribution in [1.29, 1.82) is 5.26 Å². The number of amides is 1. The fraction of sp³-hybridized carbons (Fsp3) is 0.471. The predicted molar refractivity (Wildman–Crippen MR) is 103 cm³/mol. The van der Waals surface area contributed by atoms with E-state index in [4.69, 9.17) is 22.2 Å². The van der Waals surface area contributed by atoms with Crippen LogP contribution in [0.4, 0.5) is 5.69 Å². The summed E-state index contributed by atoms with van der Waals surface area (Å²) >= 11 is 6.87. The smallest absolute Gasteiger partial charge is 0.328 e. The Morgan fingerprint density at radius 3 is 2.73 bits per heavy atom. The number of ether oxygens (including phenoxy) is 1. The molecule has 1 atom stereocenters. The number of hydrogen-bond acceptors (Lipinski definition) is 7. The molecule has 1 aromatic rings. The maximum Gasteiger partial charge on any atom is 0.328 e. The van der Waals surface area contributed by atoms with E-state index in [2.05, 4.69) is 4.98 Å². The Morgan fingerprint density at radius 1 is 1.54 bits per heavy atom. The van der Waals surface area contributed by atoms with E-state index < -0.39 is 17.6 Å². The van der Waals surface area contributed by atoms with Gasteiger partial charge < -0.3 is 9.64 Å². The van der Waals surface area contributed by atoms with Crippen LogP contribution in [-0.2, 0) is 14.3 Å². The number of pyridine rings is 1. The molecule has 1 saturated heterocycles. The number of carbonyl (C=O) groups excluding carboxylic acids is 2. The summed E-state index contributed by atoms with van der Waals surface area (Å²) in [6.07, 6.45) is 3.27. The number of thioether (sulfide) groups is 1. The quantitative estimate of drug-likeness (QED) is 0.429. The molecular weight excluding hydrogens is 372 g/mol. The molecule has 1 aliphatic heterocycles. The number of anilines is 1. The molecule has 2 heterocycles. The molecule has 26 heavy (non-hydrogen) atoms. The highest BCUT2D eigenvalue weighted by molar-refractivity contribution is 7.98. The van der Waals surface area contributed by atoms with Crippen molar-refractivity contribution in [3.63, 3.8) is 0 Å². The van der Waals surface area contributed by atoms with Crippen LogP contribution in [0.2, 0.25) is 0 Å². The molecule has 0 spiro atoms. The van der Waals surface area contributed by atoms with Crippen LogP contribution in [0, 0.1) is 11.3 Å². The number of nitriles is 1. The molecule has 1 amide bonds. The van der Waals surface area contributed by atoms with Crippen LogP contribution in [0.3, 0.4) is 0 Å². The van der Waals surface area contributed by atoms with Gasteiger partial charge >= 0.3 is 5.97 Å². The molecule has 0 aliphatic carbocycles. The average Bonchev–Trinajstić information content (AvgIpc) is 2.78. The van der Waals surface area contributed by atoms with Crippen molar-refractivity contribution in [3.8, 4) is 6.07 Å². The van der Waals surface area contributed by atoms with Crippen LogP contribution in [0.15, 0.2) is 17.2 Å². The summed E-state index contributed by atoms with van der Waals surface area (Å²) in [6, 6.07) is 3.01. The maximum absolute atomic E-state index is 13.0. The van der Waals surface area contributed by atoms with E-state index in [9.17, 15) is 9.59 Å². The molecule has 0 bridgehead atoms. The molecule has 138 valence electrons. The van der Waals surface area contributed by atoms with E-state index in [0.717, 1.165) is 0 Å². The van der Waals surface area contributed by atoms with Gasteiger partial charge in [-0.3, -0.25) is 9.69 Å². The molecular formula is C17H20N4O3S2. The lowest BCUT2D eigenvalue weighted by atomic mass is 10.0. The van der Waals surface area contributed by atoms with Crippen LogP contribution in [0.5, 0.6) is 0 Å². The predicted octanol–water partition coefficient (Wildman–Crippen LogP) is 2.34. The highest BCUT2D eigenvalue weighted by Crippen LogP contribution is 2.35. The van der Waals surface area contributed by atoms with E-state index in [-0.39, 0.29) is 23.3 Å². The fourth-order valence-corrected chi connectivity index (χ4v) is 3.96. The van der Waals surface area contributed by atoms with Crippen molar-refractivity contribution < 1.29 is 14.3 Å². The molecule has 1 aliphatic rings. The third-order valence-electron chi connectivity index (χ3n) is 4.16. The van der Waals surface area contributed by atoms with E-state index in [1.54, 1.807) is 38.7 Å². The number of esters is 1. The van der Waals surface area contributed by atoms with Gasteiger partial charge in [0.2, 0.25) is 0 Å². The molecule has 0 N–H and O–H groups in total. The molecule has 1 fully saturated rings. The summed E-state index contributed by atoms with van der Waals surface area (Å²) in [5.41, 5.74) is -0.263. The zero-order valence-electron chi connectivity index (χ0n) is 15.3. The van der Waals surface area contributed by atoms with Gasteiger partial charge in [0.25, 0.3) is 5.91 Å². The molecule has 2 rings (SSSR count). The van der Waals surface area contributed by atoms with Crippen LogP contribution in [-0.4, -0.2) is 51.3 Å². The summed E-state index contributed by atoms with van der Waals surface area (Å²) in [7, 11) is 0. The summed E-state index contributed by atoms with van der Waals surface area (Å²) in [5.74, 6) is -0.711. The van der Waals surface area contributed by atoms with E-state index in [1.165, 1.54) is 22.9 Å². The molecule has 0 saturated carbocycles. The lowest BCUT2D eigenvalue weighted by molar-refractivity contribution is -0.149. The van der Waals surface area contributed by atoms with Gasteiger partial charge in [-0.05, 0) is 52.2 Å². The van der Waals surface area contributed by atoms with Crippen molar-refractivity contribution in [3.05, 3.63) is 18.0 Å². The zero-order chi connectivity index (χ0) is 19.6. The fourth-order valence-electron chi connectivity index (χ4n) is 2.85. The van der Waals surface area contributed by atoms with Gasteiger partial charge in [-0.1, -0.05) is 0 Å². The van der Waals surface area contributed by atoms with Gasteiger partial charge in [0.1, 0.15) is 17.6 Å². The Morgan fingerprint density at radius 2 is 2.19 bits per heavy atom. The number of rotatable bonds is 5. The van der Waals surface area contributed by atoms with Crippen LogP contribution in [0.1, 0.15) is 33.4 Å². The second kappa shape index (κ2) is 7.60. The monoisotopic (exact) mass is 392 g/mol. The van der Waals surface area contributed by atoms with E-state index in [0.29, 0.717) is 10.6 Å². The minimum atomic E-state index is -1.02. The topological polar surface area (TPSA) is 86.5 Å². The first kappa shape index (κ1) is 20.1. The Bertz CT molecular complexity index is 804. The van der Waals surface area contributed by atoms with Gasteiger partial charge in [0.15, 0.2) is 10.8 Å². The van der Waals surface area contributed by atoms with Crippen molar-refractivity contribution >= 4 is 46.7 Å². The molecule has 9 heteroatoms. The Labute approximate surface area is 162 Å². The van der Waals surface area contributed by atoms with Crippen LogP contribution >= 0.6 is 24.0 Å². The molecule has 0 aromatic carbocycles. The van der Waals surface area contributed by atoms with Crippen molar-refractivity contribution in [2.75, 3.05) is 17.8 Å². The molecule has 7 nitrogen and oxygen atoms in total. The second-order valence-electron chi connectivity index (χ2n) is 6.14. The van der Waals surface area contributed by atoms with Crippen LogP contribution < -0.4 is 4.90 Å². The van der Waals surface area contributed by atoms with Gasteiger partial charge in [-0.2, -0.15) is 5.26 Å². The largest absolute Gasteiger partial charge is 0.464 e. The Balaban J connectivity index is 2.47. The number of carbonyl (C=O) groups is 2. The maximum atomic E-state index is 13.0. The lowest BCUT2D eigenvalue weighted by Gasteiger charge is -2.33. The van der Waals surface area contributed by atoms with E-state index >= 15 is 0 Å². The van der Waals surface area contributed by atoms with Gasteiger partial charge in [0.05, 0.1) is 18.5 Å². The SMILES string of the molecule is CCOC(=O)C(C)N1C(=S)N(c2cnc(C#N)c(SC)c2)C(=O)C1(C)C. The third-order valence-corrected chi connectivity index (χ3v) is 5.29. The van der Waals surface area contributed by atoms with Crippen molar-refractivity contribution in [1.82, 2.24) is 9.88 Å². The first-order valence-corrected chi connectivity index (χ1v) is 9.62. The van der Waals surface area contributed by atoms with Gasteiger partial charge in [-0.25, -0.2) is 9.78 Å². The summed E-state index contributed by atoms with van der Waals surface area (Å²) in [6.45, 7) is 7.06. The molecule has 1 aromatic heterocycles. The highest BCUT2D eigenvalue weighted by Gasteiger charge is 2.52. The van der Waals surface area contributed by atoms with E-state index in [1.807, 2.05) is 12.3 Å². The average molecular weight is 393 g/mol. The Kier molecular flexibility index (Phi) is 5.88. The van der Waals surface area contributed by atoms with Crippen LogP contribution in [0.25, 0.3) is 0 Å². The lowest BCUT2D eigenvalue weighted by Crippen LogP contribution is -2.52. The van der Waals surface area contributed by atoms with Crippen molar-refractivity contribution in [2.45, 2.75) is 44.2 Å². The zero-order valence-corrected chi connectivity index (χ0v) is 16.9. The van der Waals surface area contributed by atoms with Crippen molar-refractivity contribution in [2.24, 2.45) is 0 Å². The number of nitrogens with zero attached hydrogens (tertiary/aromatic N) is 4. The second-order valence-corrected chi connectivity index (χ2v) is 7.35. The summed E-state index contributed by atoms with van der Waals surface area (Å²) in [4.78, 5) is 32.9. The Hall–Kier alpha value is -2.18. The van der Waals surface area contributed by atoms with Gasteiger partial charge in [-0.15, -0.1) is 11.8 Å². The minimum Gasteiger partial charge on any atom is -0.464 e. The highest BCUT2D eigenvalue weighted by atomic mass is 32.2. The third kappa shape index (κ3) is 3.27. The summed E-state index contributed by atoms with van der Waals surface area (Å²) < 4.78 is 5.08. The number of hydrogen-bond donors (Lipinski definition) is 0. The number of thiocarbonyl (C=S) groups is 1. The first-order valence-electron chi connectivity index (χ1n) is 7.99. The van der Waals surface area contributed by atoms with Gasteiger partial charge in [0, 0.05) is 4.90 Å². The normalized spacial score (nSPS) is 17.2. The summed E-state index contributed by atoms with van der Waals surface area (Å²) in [5, 5.41) is 9.33. The minimum absolute atomic E-state index is 0.208. The first-order chi connectivity index (χ1) is 12.2.